The average Bonchev–Trinajstić information content (AvgIpc) is 2.42. The Balaban J connectivity index is 4.58. The summed E-state index contributed by atoms with van der Waals surface area (Å²) in [4.78, 5) is 0. The molecule has 0 N–H and O–H groups in total. The Kier molecular flexibility index (Phi) is 8.09. The van der Waals surface area contributed by atoms with Crippen LogP contribution in [0.25, 0.3) is 0 Å². The van der Waals surface area contributed by atoms with Crippen molar-refractivity contribution in [3.8, 4) is 0 Å². The molecule has 0 fully saturated rings. The van der Waals surface area contributed by atoms with Crippen LogP contribution in [0.4, 0.5) is 0 Å². The monoisotopic (exact) mass is 271 g/mol. The van der Waals surface area contributed by atoms with Crippen molar-refractivity contribution in [2.75, 3.05) is 0 Å². The van der Waals surface area contributed by atoms with Crippen LogP contribution in [0, 0.1) is 10.8 Å². The Morgan fingerprint density at radius 2 is 1.65 bits per heavy atom. The summed E-state index contributed by atoms with van der Waals surface area (Å²) in [5.41, 5.74) is 2.72. The summed E-state index contributed by atoms with van der Waals surface area (Å²) in [6, 6.07) is 0. The van der Waals surface area contributed by atoms with Gasteiger partial charge in [0.2, 0.25) is 0 Å². The van der Waals surface area contributed by atoms with Crippen molar-refractivity contribution in [3.05, 3.63) is 37.0 Å². The molecule has 0 unspecified atom stereocenters. The predicted octanol–water partition coefficient (Wildman–Crippen LogP) is 5.65. The molecule has 0 bridgehead atoms. The first kappa shape index (κ1) is 19.2. The molecule has 111 valence electrons. The van der Waals surface area contributed by atoms with Crippen molar-refractivity contribution in [2.45, 2.75) is 66.2 Å². The van der Waals surface area contributed by atoms with Gasteiger partial charge >= 0.3 is 127 Å². The number of allylic oxidation sites excluding steroid dienone is 3. The Hall–Kier alpha value is -0.845. The molecule has 1 radical (unpaired) electrons. The second kappa shape index (κ2) is 8.44. The van der Waals surface area contributed by atoms with Crippen LogP contribution in [0.2, 0.25) is 0 Å². The van der Waals surface area contributed by atoms with Crippen LogP contribution in [0.3, 0.4) is 0 Å². The summed E-state index contributed by atoms with van der Waals surface area (Å²) < 4.78 is 0. The average molecular weight is 271 g/mol. The molecular weight excluding hydrogens is 239 g/mol. The third-order valence-electron chi connectivity index (χ3n) is 4.73. The van der Waals surface area contributed by atoms with Gasteiger partial charge in [-0.25, -0.2) is 0 Å². The van der Waals surface area contributed by atoms with E-state index in [-0.39, 0.29) is 10.8 Å². The van der Waals surface area contributed by atoms with E-state index in [1.807, 2.05) is 6.08 Å². The Morgan fingerprint density at radius 3 is 2.05 bits per heavy atom. The van der Waals surface area contributed by atoms with Crippen molar-refractivity contribution >= 4 is 13.5 Å². The zero-order chi connectivity index (χ0) is 15.8. The number of hydrogen-bond donors (Lipinski definition) is 0. The molecule has 0 aromatic rings. The molecule has 0 atom stereocenters. The van der Waals surface area contributed by atoms with Crippen LogP contribution < -0.4 is 0 Å². The van der Waals surface area contributed by atoms with E-state index in [1.54, 1.807) is 5.97 Å². The fourth-order valence-electron chi connectivity index (χ4n) is 3.10. The molecule has 0 rings (SSSR count). The molecular formula is C19H32B. The first-order valence-corrected chi connectivity index (χ1v) is 7.81. The van der Waals surface area contributed by atoms with Crippen LogP contribution >= 0.6 is 0 Å². The second-order valence-electron chi connectivity index (χ2n) is 6.74. The molecule has 0 spiro atoms. The molecule has 0 aliphatic heterocycles. The molecule has 0 aliphatic rings. The molecule has 0 amide bonds. The molecule has 0 heterocycles. The normalized spacial score (nSPS) is 11.9. The Morgan fingerprint density at radius 1 is 1.10 bits per heavy atom. The van der Waals surface area contributed by atoms with Gasteiger partial charge in [0.25, 0.3) is 0 Å². The van der Waals surface area contributed by atoms with E-state index in [2.05, 4.69) is 47.4 Å². The van der Waals surface area contributed by atoms with E-state index < -0.39 is 0 Å². The molecule has 0 saturated carbocycles. The summed E-state index contributed by atoms with van der Waals surface area (Å²) in [5.74, 6) is 1.63. The standard InChI is InChI=1S/C19H32B/c1-8-17(5)19(9-2,10-3)13-11-12-18(6,7)14-16(4)15-20/h8,15H,1,4-5,9-14H2,2-3,6-7H3. The maximum atomic E-state index is 5.53. The second-order valence-corrected chi connectivity index (χ2v) is 6.74. The molecule has 0 aromatic carbocycles. The Labute approximate surface area is 128 Å². The van der Waals surface area contributed by atoms with Gasteiger partial charge in [0, 0.05) is 0 Å². The van der Waals surface area contributed by atoms with Crippen molar-refractivity contribution in [3.63, 3.8) is 0 Å². The topological polar surface area (TPSA) is 0 Å². The summed E-state index contributed by atoms with van der Waals surface area (Å²) in [6.45, 7) is 21.2. The first-order valence-electron chi connectivity index (χ1n) is 7.81. The third kappa shape index (κ3) is 5.65. The Bertz CT molecular complexity index is 356. The van der Waals surface area contributed by atoms with Crippen molar-refractivity contribution in [1.82, 2.24) is 0 Å². The van der Waals surface area contributed by atoms with Gasteiger partial charge in [-0.2, -0.15) is 0 Å². The molecule has 0 aliphatic carbocycles. The molecule has 0 aromatic heterocycles. The summed E-state index contributed by atoms with van der Waals surface area (Å²) in [7, 11) is 5.53. The number of rotatable bonds is 11. The van der Waals surface area contributed by atoms with Crippen LogP contribution in [-0.4, -0.2) is 13.5 Å². The van der Waals surface area contributed by atoms with Crippen LogP contribution in [0.5, 0.6) is 0 Å². The van der Waals surface area contributed by atoms with Crippen LogP contribution in [-0.2, 0) is 0 Å². The van der Waals surface area contributed by atoms with Gasteiger partial charge in [-0.05, 0) is 0 Å². The predicted molar refractivity (Wildman–Crippen MR) is 95.6 cm³/mol. The fraction of sp³-hybridized carbons (Fsp3) is 0.632. The quantitative estimate of drug-likeness (QED) is 0.336. The van der Waals surface area contributed by atoms with E-state index in [0.29, 0.717) is 0 Å². The van der Waals surface area contributed by atoms with Gasteiger partial charge in [0.15, 0.2) is 0 Å². The zero-order valence-corrected chi connectivity index (χ0v) is 14.1. The van der Waals surface area contributed by atoms with E-state index in [0.717, 1.165) is 24.8 Å². The summed E-state index contributed by atoms with van der Waals surface area (Å²) >= 11 is 0. The first-order chi connectivity index (χ1) is 9.26. The van der Waals surface area contributed by atoms with E-state index in [1.165, 1.54) is 24.8 Å². The summed E-state index contributed by atoms with van der Waals surface area (Å²) in [6.07, 6.45) is 8.76. The van der Waals surface area contributed by atoms with E-state index in [9.17, 15) is 0 Å². The van der Waals surface area contributed by atoms with Crippen LogP contribution in [0.15, 0.2) is 37.0 Å². The van der Waals surface area contributed by atoms with Gasteiger partial charge < -0.3 is 0 Å². The minimum atomic E-state index is 0.231. The van der Waals surface area contributed by atoms with Gasteiger partial charge in [-0.1, -0.05) is 0 Å². The third-order valence-corrected chi connectivity index (χ3v) is 4.73. The molecule has 20 heavy (non-hydrogen) atoms. The SMILES string of the molecule is [B]=CC(=C)CC(C)(C)CCCC(CC)(CC)C(=C)C=C. The fourth-order valence-corrected chi connectivity index (χ4v) is 3.10. The van der Waals surface area contributed by atoms with Crippen molar-refractivity contribution in [1.29, 1.82) is 0 Å². The van der Waals surface area contributed by atoms with Gasteiger partial charge in [-0.3, -0.25) is 0 Å². The van der Waals surface area contributed by atoms with Gasteiger partial charge in [0.1, 0.15) is 0 Å². The molecule has 0 saturated heterocycles. The van der Waals surface area contributed by atoms with Crippen LogP contribution in [0.1, 0.15) is 66.2 Å². The number of hydrogen-bond acceptors (Lipinski definition) is 0. The van der Waals surface area contributed by atoms with E-state index in [4.69, 9.17) is 7.49 Å². The van der Waals surface area contributed by atoms with Crippen molar-refractivity contribution < 1.29 is 0 Å². The van der Waals surface area contributed by atoms with Gasteiger partial charge in [0.05, 0.1) is 0 Å². The van der Waals surface area contributed by atoms with Crippen molar-refractivity contribution in [2.24, 2.45) is 10.8 Å². The molecule has 1 heteroatoms. The maximum absolute atomic E-state index is 5.53. The van der Waals surface area contributed by atoms with Gasteiger partial charge in [-0.15, -0.1) is 0 Å². The van der Waals surface area contributed by atoms with E-state index >= 15 is 0 Å². The summed E-state index contributed by atoms with van der Waals surface area (Å²) in [5, 5.41) is 0. The molecule has 0 nitrogen and oxygen atoms in total. The zero-order valence-electron chi connectivity index (χ0n) is 14.1. The minimum absolute atomic E-state index is 0.231.